The highest BCUT2D eigenvalue weighted by molar-refractivity contribution is 7.98. The monoisotopic (exact) mass is 307 g/mol. The lowest BCUT2D eigenvalue weighted by Gasteiger charge is -2.14. The third-order valence-electron chi connectivity index (χ3n) is 3.02. The fourth-order valence-electron chi connectivity index (χ4n) is 1.73. The van der Waals surface area contributed by atoms with Crippen LogP contribution in [0.1, 0.15) is 50.1 Å². The Balaban J connectivity index is 2.02. The molecule has 0 aliphatic rings. The Bertz CT molecular complexity index is 570. The maximum Gasteiger partial charge on any atom is 0.103 e. The van der Waals surface area contributed by atoms with E-state index in [2.05, 4.69) is 32.2 Å². The summed E-state index contributed by atoms with van der Waals surface area (Å²) in [5, 5.41) is 12.9. The van der Waals surface area contributed by atoms with Gasteiger partial charge in [0.25, 0.3) is 0 Å². The molecule has 2 rings (SSSR count). The molecule has 1 aromatic carbocycles. The van der Waals surface area contributed by atoms with Gasteiger partial charge in [0.15, 0.2) is 0 Å². The molecule has 2 nitrogen and oxygen atoms in total. The average Bonchev–Trinajstić information content (AvgIpc) is 2.85. The molecule has 108 valence electrons. The first-order valence-corrected chi connectivity index (χ1v) is 8.58. The maximum atomic E-state index is 9.61. The molecule has 0 saturated carbocycles. The van der Waals surface area contributed by atoms with E-state index in [1.54, 1.807) is 30.0 Å². The summed E-state index contributed by atoms with van der Waals surface area (Å²) < 4.78 is 0. The van der Waals surface area contributed by atoms with Crippen LogP contribution in [0.15, 0.2) is 34.5 Å². The van der Waals surface area contributed by atoms with Crippen LogP contribution in [0.4, 0.5) is 0 Å². The zero-order valence-electron chi connectivity index (χ0n) is 12.4. The van der Waals surface area contributed by atoms with E-state index in [9.17, 15) is 5.11 Å². The van der Waals surface area contributed by atoms with Crippen LogP contribution in [-0.2, 0) is 11.2 Å². The smallest absolute Gasteiger partial charge is 0.103 e. The summed E-state index contributed by atoms with van der Waals surface area (Å²) in [7, 11) is 0. The van der Waals surface area contributed by atoms with Gasteiger partial charge in [-0.25, -0.2) is 4.98 Å². The van der Waals surface area contributed by atoms with E-state index in [0.717, 1.165) is 22.0 Å². The van der Waals surface area contributed by atoms with Crippen LogP contribution in [-0.4, -0.2) is 10.1 Å². The maximum absolute atomic E-state index is 9.61. The molecule has 0 aliphatic carbocycles. The molecule has 1 heterocycles. The third kappa shape index (κ3) is 4.08. The first-order valence-electron chi connectivity index (χ1n) is 6.72. The second kappa shape index (κ2) is 6.29. The van der Waals surface area contributed by atoms with Gasteiger partial charge in [-0.05, 0) is 24.6 Å². The molecule has 1 atom stereocenters. The number of hydrogen-bond donors (Lipinski definition) is 1. The molecule has 0 radical (unpaired) electrons. The molecular weight excluding hydrogens is 286 g/mol. The predicted molar refractivity (Wildman–Crippen MR) is 87.5 cm³/mol. The lowest BCUT2D eigenvalue weighted by Crippen LogP contribution is -2.11. The minimum atomic E-state index is -0.414. The standard InChI is InChI=1S/C16H21NOS2/c1-11(18)12-6-5-7-13(8-12)19-10-15-17-14(9-20-15)16(2,3)4/h5-9,11,18H,10H2,1-4H3. The van der Waals surface area contributed by atoms with Gasteiger partial charge < -0.3 is 5.11 Å². The fraction of sp³-hybridized carbons (Fsp3) is 0.438. The molecule has 0 spiro atoms. The van der Waals surface area contributed by atoms with E-state index < -0.39 is 6.10 Å². The van der Waals surface area contributed by atoms with Crippen molar-refractivity contribution in [3.05, 3.63) is 45.9 Å². The number of aliphatic hydroxyl groups is 1. The molecule has 0 bridgehead atoms. The summed E-state index contributed by atoms with van der Waals surface area (Å²) in [6.07, 6.45) is -0.414. The first kappa shape index (κ1) is 15.5. The van der Waals surface area contributed by atoms with Crippen LogP contribution >= 0.6 is 23.1 Å². The topological polar surface area (TPSA) is 33.1 Å². The molecule has 2 aromatic rings. The van der Waals surface area contributed by atoms with Gasteiger partial charge in [-0.1, -0.05) is 32.9 Å². The molecule has 0 saturated heterocycles. The van der Waals surface area contributed by atoms with Crippen LogP contribution in [0.25, 0.3) is 0 Å². The normalized spacial score (nSPS) is 13.4. The highest BCUT2D eigenvalue weighted by atomic mass is 32.2. The van der Waals surface area contributed by atoms with Crippen molar-refractivity contribution in [1.82, 2.24) is 4.98 Å². The van der Waals surface area contributed by atoms with E-state index >= 15 is 0 Å². The number of benzene rings is 1. The minimum absolute atomic E-state index is 0.117. The van der Waals surface area contributed by atoms with Crippen LogP contribution in [0.2, 0.25) is 0 Å². The van der Waals surface area contributed by atoms with Crippen LogP contribution in [0, 0.1) is 0 Å². The molecule has 0 aliphatic heterocycles. The van der Waals surface area contributed by atoms with Gasteiger partial charge in [-0.2, -0.15) is 0 Å². The van der Waals surface area contributed by atoms with Crippen molar-refractivity contribution in [2.24, 2.45) is 0 Å². The lowest BCUT2D eigenvalue weighted by atomic mass is 9.93. The summed E-state index contributed by atoms with van der Waals surface area (Å²) in [4.78, 5) is 5.88. The van der Waals surface area contributed by atoms with Crippen LogP contribution in [0.3, 0.4) is 0 Å². The average molecular weight is 307 g/mol. The Morgan fingerprint density at radius 2 is 2.10 bits per heavy atom. The molecule has 20 heavy (non-hydrogen) atoms. The summed E-state index contributed by atoms with van der Waals surface area (Å²) in [5.41, 5.74) is 2.24. The van der Waals surface area contributed by atoms with Crippen molar-refractivity contribution < 1.29 is 5.11 Å². The molecule has 1 aromatic heterocycles. The Labute approximate surface area is 129 Å². The van der Waals surface area contributed by atoms with Crippen molar-refractivity contribution in [3.63, 3.8) is 0 Å². The van der Waals surface area contributed by atoms with E-state index in [1.807, 2.05) is 18.2 Å². The Hall–Kier alpha value is -0.840. The quantitative estimate of drug-likeness (QED) is 0.825. The number of aromatic nitrogens is 1. The van der Waals surface area contributed by atoms with Crippen molar-refractivity contribution in [2.45, 2.75) is 49.9 Å². The Morgan fingerprint density at radius 1 is 1.35 bits per heavy atom. The number of thioether (sulfide) groups is 1. The predicted octanol–water partition coefficient (Wildman–Crippen LogP) is 4.79. The highest BCUT2D eigenvalue weighted by Gasteiger charge is 2.17. The molecule has 0 amide bonds. The SMILES string of the molecule is CC(O)c1cccc(SCc2nc(C(C)(C)C)cs2)c1. The highest BCUT2D eigenvalue weighted by Crippen LogP contribution is 2.29. The number of hydrogen-bond acceptors (Lipinski definition) is 4. The second-order valence-corrected chi connectivity index (χ2v) is 7.91. The summed E-state index contributed by atoms with van der Waals surface area (Å²) in [6, 6.07) is 8.07. The van der Waals surface area contributed by atoms with E-state index in [-0.39, 0.29) is 5.41 Å². The minimum Gasteiger partial charge on any atom is -0.389 e. The van der Waals surface area contributed by atoms with Gasteiger partial charge in [-0.15, -0.1) is 23.1 Å². The van der Waals surface area contributed by atoms with Gasteiger partial charge in [0, 0.05) is 15.7 Å². The number of aliphatic hydroxyl groups excluding tert-OH is 1. The molecule has 1 unspecified atom stereocenters. The summed E-state index contributed by atoms with van der Waals surface area (Å²) in [6.45, 7) is 8.35. The van der Waals surface area contributed by atoms with Gasteiger partial charge >= 0.3 is 0 Å². The molecular formula is C16H21NOS2. The molecule has 4 heteroatoms. The summed E-state index contributed by atoms with van der Waals surface area (Å²) >= 11 is 3.49. The number of nitrogens with zero attached hydrogens (tertiary/aromatic N) is 1. The second-order valence-electron chi connectivity index (χ2n) is 5.91. The Kier molecular flexibility index (Phi) is 4.89. The fourth-order valence-corrected chi connectivity index (χ4v) is 3.73. The first-order chi connectivity index (χ1) is 9.36. The third-order valence-corrected chi connectivity index (χ3v) is 5.06. The molecule has 1 N–H and O–H groups in total. The number of thiazole rings is 1. The zero-order chi connectivity index (χ0) is 14.8. The van der Waals surface area contributed by atoms with Gasteiger partial charge in [-0.3, -0.25) is 0 Å². The van der Waals surface area contributed by atoms with Crippen molar-refractivity contribution in [2.75, 3.05) is 0 Å². The Morgan fingerprint density at radius 3 is 2.70 bits per heavy atom. The van der Waals surface area contributed by atoms with Gasteiger partial charge in [0.1, 0.15) is 5.01 Å². The summed E-state index contributed by atoms with van der Waals surface area (Å²) in [5.74, 6) is 0.879. The van der Waals surface area contributed by atoms with Crippen molar-refractivity contribution in [3.8, 4) is 0 Å². The lowest BCUT2D eigenvalue weighted by molar-refractivity contribution is 0.199. The van der Waals surface area contributed by atoms with E-state index in [4.69, 9.17) is 4.98 Å². The van der Waals surface area contributed by atoms with Crippen molar-refractivity contribution >= 4 is 23.1 Å². The van der Waals surface area contributed by atoms with Crippen LogP contribution in [0.5, 0.6) is 0 Å². The number of rotatable bonds is 4. The van der Waals surface area contributed by atoms with Gasteiger partial charge in [0.05, 0.1) is 17.6 Å². The van der Waals surface area contributed by atoms with E-state index in [1.165, 1.54) is 4.90 Å². The molecule has 0 fully saturated rings. The van der Waals surface area contributed by atoms with Crippen LogP contribution < -0.4 is 0 Å². The zero-order valence-corrected chi connectivity index (χ0v) is 14.0. The largest absolute Gasteiger partial charge is 0.389 e. The van der Waals surface area contributed by atoms with Crippen molar-refractivity contribution in [1.29, 1.82) is 0 Å². The van der Waals surface area contributed by atoms with E-state index in [0.29, 0.717) is 0 Å². The van der Waals surface area contributed by atoms with Gasteiger partial charge in [0.2, 0.25) is 0 Å².